The summed E-state index contributed by atoms with van der Waals surface area (Å²) in [6, 6.07) is 0. The molecule has 17 heavy (non-hydrogen) atoms. The van der Waals surface area contributed by atoms with Crippen molar-refractivity contribution < 1.29 is 22.7 Å². The first kappa shape index (κ1) is 11.5. The van der Waals surface area contributed by atoms with Crippen molar-refractivity contribution in [1.29, 1.82) is 0 Å². The summed E-state index contributed by atoms with van der Waals surface area (Å²) in [5, 5.41) is 0. The van der Waals surface area contributed by atoms with Gasteiger partial charge in [-0.05, 0) is 38.0 Å². The van der Waals surface area contributed by atoms with Gasteiger partial charge in [-0.15, -0.1) is 0 Å². The molecule has 0 aromatic carbocycles. The van der Waals surface area contributed by atoms with E-state index in [9.17, 15) is 18.0 Å². The standard InChI is InChI=1S/C12H15F3O2/c13-12(14,15)6-17-11-3-7-1-8(4-11)10(16)9(2-7)5-11/h7-9H,1-6H2. The Hall–Kier alpha value is -0.580. The molecule has 0 saturated heterocycles. The monoisotopic (exact) mass is 248 g/mol. The Labute approximate surface area is 97.5 Å². The fraction of sp³-hybridized carbons (Fsp3) is 0.917. The normalized spacial score (nSPS) is 44.4. The van der Waals surface area contributed by atoms with Crippen LogP contribution in [-0.2, 0) is 9.53 Å². The van der Waals surface area contributed by atoms with Crippen molar-refractivity contribution in [2.24, 2.45) is 17.8 Å². The van der Waals surface area contributed by atoms with Gasteiger partial charge in [0, 0.05) is 11.8 Å². The summed E-state index contributed by atoms with van der Waals surface area (Å²) in [7, 11) is 0. The first-order valence-corrected chi connectivity index (χ1v) is 6.11. The van der Waals surface area contributed by atoms with Crippen LogP contribution in [0.3, 0.4) is 0 Å². The molecule has 0 aliphatic heterocycles. The van der Waals surface area contributed by atoms with Crippen LogP contribution in [0.4, 0.5) is 13.2 Å². The molecule has 4 bridgehead atoms. The van der Waals surface area contributed by atoms with Crippen molar-refractivity contribution >= 4 is 5.78 Å². The van der Waals surface area contributed by atoms with Gasteiger partial charge in [0.2, 0.25) is 0 Å². The van der Waals surface area contributed by atoms with Crippen molar-refractivity contribution in [3.63, 3.8) is 0 Å². The van der Waals surface area contributed by atoms with Crippen molar-refractivity contribution in [2.75, 3.05) is 6.61 Å². The third kappa shape index (κ3) is 1.98. The molecule has 0 radical (unpaired) electrons. The molecule has 0 N–H and O–H groups in total. The summed E-state index contributed by atoms with van der Waals surface area (Å²) in [5.74, 6) is 0.606. The average molecular weight is 248 g/mol. The summed E-state index contributed by atoms with van der Waals surface area (Å²) < 4.78 is 41.9. The minimum absolute atomic E-state index is 0.0329. The lowest BCUT2D eigenvalue weighted by Gasteiger charge is -2.55. The van der Waals surface area contributed by atoms with E-state index in [0.717, 1.165) is 12.8 Å². The van der Waals surface area contributed by atoms with Gasteiger partial charge in [-0.1, -0.05) is 0 Å². The molecule has 4 aliphatic carbocycles. The maximum Gasteiger partial charge on any atom is 0.411 e. The first-order valence-electron chi connectivity index (χ1n) is 6.11. The number of carbonyl (C=O) groups excluding carboxylic acids is 1. The summed E-state index contributed by atoms with van der Waals surface area (Å²) in [6.07, 6.45) is -0.806. The Morgan fingerprint density at radius 3 is 2.29 bits per heavy atom. The van der Waals surface area contributed by atoms with E-state index in [-0.39, 0.29) is 17.6 Å². The number of hydrogen-bond donors (Lipinski definition) is 0. The van der Waals surface area contributed by atoms with E-state index < -0.39 is 18.4 Å². The van der Waals surface area contributed by atoms with Crippen LogP contribution in [-0.4, -0.2) is 24.2 Å². The second kappa shape index (κ2) is 3.46. The Bertz CT molecular complexity index is 332. The lowest BCUT2D eigenvalue weighted by atomic mass is 9.53. The number of ketones is 1. The van der Waals surface area contributed by atoms with Crippen LogP contribution in [0.1, 0.15) is 32.1 Å². The summed E-state index contributed by atoms with van der Waals surface area (Å²) >= 11 is 0. The smallest absolute Gasteiger partial charge is 0.366 e. The Balaban J connectivity index is 1.74. The molecule has 0 amide bonds. The third-order valence-electron chi connectivity index (χ3n) is 4.48. The molecular formula is C12H15F3O2. The summed E-state index contributed by atoms with van der Waals surface area (Å²) in [4.78, 5) is 11.8. The fourth-order valence-corrected chi connectivity index (χ4v) is 4.09. The Kier molecular flexibility index (Phi) is 2.35. The molecule has 2 nitrogen and oxygen atoms in total. The molecule has 0 aromatic heterocycles. The molecule has 96 valence electrons. The Morgan fingerprint density at radius 1 is 1.18 bits per heavy atom. The van der Waals surface area contributed by atoms with Gasteiger partial charge in [0.05, 0.1) is 5.60 Å². The van der Waals surface area contributed by atoms with E-state index in [1.165, 1.54) is 0 Å². The molecule has 4 saturated carbocycles. The van der Waals surface area contributed by atoms with Crippen LogP contribution >= 0.6 is 0 Å². The molecule has 4 aliphatic rings. The van der Waals surface area contributed by atoms with Gasteiger partial charge in [-0.3, -0.25) is 4.79 Å². The highest BCUT2D eigenvalue weighted by atomic mass is 19.4. The van der Waals surface area contributed by atoms with E-state index in [0.29, 0.717) is 25.2 Å². The number of hydrogen-bond acceptors (Lipinski definition) is 2. The van der Waals surface area contributed by atoms with Crippen LogP contribution in [0, 0.1) is 17.8 Å². The second-order valence-electron chi connectivity index (χ2n) is 5.83. The van der Waals surface area contributed by atoms with Gasteiger partial charge < -0.3 is 4.74 Å². The number of Topliss-reactive ketones (excluding diaryl/α,β-unsaturated/α-hetero) is 1. The van der Waals surface area contributed by atoms with Crippen molar-refractivity contribution in [3.8, 4) is 0 Å². The Morgan fingerprint density at radius 2 is 1.76 bits per heavy atom. The molecular weight excluding hydrogens is 233 g/mol. The predicted octanol–water partition coefficient (Wildman–Crippen LogP) is 2.71. The van der Waals surface area contributed by atoms with E-state index >= 15 is 0 Å². The van der Waals surface area contributed by atoms with Crippen molar-refractivity contribution in [3.05, 3.63) is 0 Å². The number of carbonyl (C=O) groups is 1. The molecule has 2 unspecified atom stereocenters. The first-order chi connectivity index (χ1) is 7.87. The van der Waals surface area contributed by atoms with Crippen molar-refractivity contribution in [1.82, 2.24) is 0 Å². The molecule has 0 heterocycles. The molecule has 0 spiro atoms. The second-order valence-corrected chi connectivity index (χ2v) is 5.83. The highest BCUT2D eigenvalue weighted by Crippen LogP contribution is 2.55. The van der Waals surface area contributed by atoms with Gasteiger partial charge >= 0.3 is 6.18 Å². The van der Waals surface area contributed by atoms with Crippen LogP contribution in [0.15, 0.2) is 0 Å². The van der Waals surface area contributed by atoms with Crippen LogP contribution in [0.25, 0.3) is 0 Å². The van der Waals surface area contributed by atoms with Gasteiger partial charge in [0.15, 0.2) is 0 Å². The zero-order valence-corrected chi connectivity index (χ0v) is 9.43. The van der Waals surface area contributed by atoms with Gasteiger partial charge in [0.1, 0.15) is 12.4 Å². The SMILES string of the molecule is O=C1C2CC3CC1CC(OCC(F)(F)F)(C3)C2. The van der Waals surface area contributed by atoms with E-state index in [1.807, 2.05) is 0 Å². The quantitative estimate of drug-likeness (QED) is 0.751. The van der Waals surface area contributed by atoms with E-state index in [1.54, 1.807) is 0 Å². The fourth-order valence-electron chi connectivity index (χ4n) is 4.09. The van der Waals surface area contributed by atoms with Gasteiger partial charge in [-0.25, -0.2) is 0 Å². The average Bonchev–Trinajstić information content (AvgIpc) is 2.21. The summed E-state index contributed by atoms with van der Waals surface area (Å²) in [6.45, 7) is -1.17. The highest BCUT2D eigenvalue weighted by molar-refractivity contribution is 5.85. The molecule has 0 aromatic rings. The van der Waals surface area contributed by atoms with E-state index in [4.69, 9.17) is 4.74 Å². The highest BCUT2D eigenvalue weighted by Gasteiger charge is 2.56. The lowest BCUT2D eigenvalue weighted by molar-refractivity contribution is -0.233. The van der Waals surface area contributed by atoms with Crippen LogP contribution < -0.4 is 0 Å². The molecule has 5 heteroatoms. The topological polar surface area (TPSA) is 26.3 Å². The number of ether oxygens (including phenoxy) is 1. The lowest BCUT2D eigenvalue weighted by Crippen LogP contribution is -2.56. The predicted molar refractivity (Wildman–Crippen MR) is 53.3 cm³/mol. The third-order valence-corrected chi connectivity index (χ3v) is 4.48. The summed E-state index contributed by atoms with van der Waals surface area (Å²) in [5.41, 5.74) is -0.653. The maximum absolute atomic E-state index is 12.2. The number of alkyl halides is 3. The van der Waals surface area contributed by atoms with Crippen LogP contribution in [0.5, 0.6) is 0 Å². The minimum Gasteiger partial charge on any atom is -0.366 e. The number of halogens is 3. The van der Waals surface area contributed by atoms with E-state index in [2.05, 4.69) is 0 Å². The number of rotatable bonds is 2. The van der Waals surface area contributed by atoms with Crippen LogP contribution in [0.2, 0.25) is 0 Å². The molecule has 2 atom stereocenters. The van der Waals surface area contributed by atoms with Gasteiger partial charge in [-0.2, -0.15) is 13.2 Å². The largest absolute Gasteiger partial charge is 0.411 e. The maximum atomic E-state index is 12.2. The molecule has 4 rings (SSSR count). The van der Waals surface area contributed by atoms with Crippen molar-refractivity contribution in [2.45, 2.75) is 43.9 Å². The van der Waals surface area contributed by atoms with Gasteiger partial charge in [0.25, 0.3) is 0 Å². The molecule has 4 fully saturated rings. The minimum atomic E-state index is -4.27. The zero-order chi connectivity index (χ0) is 12.3. The zero-order valence-electron chi connectivity index (χ0n) is 9.43.